The molecule has 1 aromatic rings. The van der Waals surface area contributed by atoms with Crippen molar-refractivity contribution in [1.82, 2.24) is 15.1 Å². The molecule has 0 fully saturated rings. The van der Waals surface area contributed by atoms with Crippen molar-refractivity contribution < 1.29 is 9.53 Å². The van der Waals surface area contributed by atoms with Gasteiger partial charge in [0, 0.05) is 25.4 Å². The molecule has 0 spiro atoms. The number of aromatic nitrogens is 2. The standard InChI is InChI=1S/C13H24N4O2/c1-4-19-10(2)8-15-13(18)12-9-16-17(11(12)3)7-5-6-14/h9-10H,4-8,14H2,1-3H3,(H,15,18). The van der Waals surface area contributed by atoms with Crippen molar-refractivity contribution >= 4 is 5.91 Å². The first-order valence-corrected chi connectivity index (χ1v) is 6.72. The minimum absolute atomic E-state index is 0.0153. The van der Waals surface area contributed by atoms with Crippen molar-refractivity contribution in [3.05, 3.63) is 17.5 Å². The number of nitrogens with zero attached hydrogens (tertiary/aromatic N) is 2. The summed E-state index contributed by atoms with van der Waals surface area (Å²) >= 11 is 0. The van der Waals surface area contributed by atoms with E-state index in [1.54, 1.807) is 6.20 Å². The van der Waals surface area contributed by atoms with Gasteiger partial charge in [0.25, 0.3) is 5.91 Å². The van der Waals surface area contributed by atoms with E-state index >= 15 is 0 Å². The maximum Gasteiger partial charge on any atom is 0.254 e. The van der Waals surface area contributed by atoms with Crippen LogP contribution in [0.15, 0.2) is 6.20 Å². The summed E-state index contributed by atoms with van der Waals surface area (Å²) in [6.45, 7) is 8.26. The zero-order valence-electron chi connectivity index (χ0n) is 12.0. The summed E-state index contributed by atoms with van der Waals surface area (Å²) in [7, 11) is 0. The van der Waals surface area contributed by atoms with Crippen molar-refractivity contribution in [3.63, 3.8) is 0 Å². The van der Waals surface area contributed by atoms with Gasteiger partial charge in [0.1, 0.15) is 0 Å². The van der Waals surface area contributed by atoms with E-state index in [1.807, 2.05) is 25.5 Å². The van der Waals surface area contributed by atoms with E-state index in [1.165, 1.54) is 0 Å². The fourth-order valence-corrected chi connectivity index (χ4v) is 1.81. The van der Waals surface area contributed by atoms with Crippen LogP contribution in [0.4, 0.5) is 0 Å². The lowest BCUT2D eigenvalue weighted by Gasteiger charge is -2.12. The van der Waals surface area contributed by atoms with Crippen molar-refractivity contribution in [2.24, 2.45) is 5.73 Å². The molecule has 0 bridgehead atoms. The average molecular weight is 268 g/mol. The molecule has 1 atom stereocenters. The van der Waals surface area contributed by atoms with Crippen LogP contribution < -0.4 is 11.1 Å². The van der Waals surface area contributed by atoms with Crippen LogP contribution in [0.25, 0.3) is 0 Å². The molecule has 1 rings (SSSR count). The summed E-state index contributed by atoms with van der Waals surface area (Å²) < 4.78 is 7.18. The fourth-order valence-electron chi connectivity index (χ4n) is 1.81. The van der Waals surface area contributed by atoms with Crippen LogP contribution in [0.5, 0.6) is 0 Å². The van der Waals surface area contributed by atoms with Crippen LogP contribution in [-0.4, -0.2) is 41.5 Å². The Kier molecular flexibility index (Phi) is 6.52. The molecule has 108 valence electrons. The second kappa shape index (κ2) is 7.91. The van der Waals surface area contributed by atoms with Crippen molar-refractivity contribution in [3.8, 4) is 0 Å². The maximum absolute atomic E-state index is 12.0. The molecule has 0 aliphatic heterocycles. The van der Waals surface area contributed by atoms with Crippen LogP contribution in [0, 0.1) is 6.92 Å². The maximum atomic E-state index is 12.0. The normalized spacial score (nSPS) is 12.4. The Morgan fingerprint density at radius 1 is 1.63 bits per heavy atom. The van der Waals surface area contributed by atoms with Gasteiger partial charge >= 0.3 is 0 Å². The number of rotatable bonds is 8. The summed E-state index contributed by atoms with van der Waals surface area (Å²) in [5.41, 5.74) is 6.95. The predicted molar refractivity (Wildman–Crippen MR) is 74.1 cm³/mol. The molecule has 1 aromatic heterocycles. The van der Waals surface area contributed by atoms with Gasteiger partial charge in [-0.3, -0.25) is 9.48 Å². The Hall–Kier alpha value is -1.40. The Labute approximate surface area is 114 Å². The molecule has 3 N–H and O–H groups in total. The molecule has 0 saturated heterocycles. The highest BCUT2D eigenvalue weighted by molar-refractivity contribution is 5.95. The zero-order valence-corrected chi connectivity index (χ0v) is 12.0. The Morgan fingerprint density at radius 3 is 3.00 bits per heavy atom. The van der Waals surface area contributed by atoms with Crippen LogP contribution >= 0.6 is 0 Å². The lowest BCUT2D eigenvalue weighted by molar-refractivity contribution is 0.0695. The number of nitrogens with two attached hydrogens (primary N) is 1. The van der Waals surface area contributed by atoms with Crippen molar-refractivity contribution in [2.75, 3.05) is 19.7 Å². The van der Waals surface area contributed by atoms with E-state index in [9.17, 15) is 4.79 Å². The van der Waals surface area contributed by atoms with Gasteiger partial charge in [-0.25, -0.2) is 0 Å². The van der Waals surface area contributed by atoms with E-state index in [0.29, 0.717) is 25.3 Å². The molecular weight excluding hydrogens is 244 g/mol. The largest absolute Gasteiger partial charge is 0.377 e. The Bertz CT molecular complexity index is 403. The summed E-state index contributed by atoms with van der Waals surface area (Å²) in [5.74, 6) is -0.108. The third-order valence-corrected chi connectivity index (χ3v) is 2.92. The van der Waals surface area contributed by atoms with Crippen molar-refractivity contribution in [2.45, 2.75) is 39.8 Å². The van der Waals surface area contributed by atoms with E-state index < -0.39 is 0 Å². The molecule has 1 unspecified atom stereocenters. The molecule has 0 aliphatic carbocycles. The zero-order chi connectivity index (χ0) is 14.3. The van der Waals surface area contributed by atoms with Gasteiger partial charge < -0.3 is 15.8 Å². The van der Waals surface area contributed by atoms with Crippen molar-refractivity contribution in [1.29, 1.82) is 0 Å². The van der Waals surface area contributed by atoms with E-state index in [-0.39, 0.29) is 12.0 Å². The summed E-state index contributed by atoms with van der Waals surface area (Å²) in [6.07, 6.45) is 2.47. The minimum atomic E-state index is -0.108. The lowest BCUT2D eigenvalue weighted by Crippen LogP contribution is -2.32. The number of carbonyl (C=O) groups excluding carboxylic acids is 1. The van der Waals surface area contributed by atoms with Gasteiger partial charge in [0.05, 0.1) is 17.9 Å². The van der Waals surface area contributed by atoms with Crippen LogP contribution in [0.2, 0.25) is 0 Å². The average Bonchev–Trinajstić information content (AvgIpc) is 2.75. The molecule has 0 radical (unpaired) electrons. The van der Waals surface area contributed by atoms with Gasteiger partial charge in [-0.05, 0) is 33.7 Å². The Morgan fingerprint density at radius 2 is 2.37 bits per heavy atom. The molecule has 0 aliphatic rings. The lowest BCUT2D eigenvalue weighted by atomic mass is 10.2. The number of ether oxygens (including phenoxy) is 1. The quantitative estimate of drug-likeness (QED) is 0.727. The fraction of sp³-hybridized carbons (Fsp3) is 0.692. The molecule has 6 heteroatoms. The second-order valence-corrected chi connectivity index (χ2v) is 4.49. The molecule has 0 aromatic carbocycles. The Balaban J connectivity index is 2.55. The van der Waals surface area contributed by atoms with Gasteiger partial charge in [0.2, 0.25) is 0 Å². The monoisotopic (exact) mass is 268 g/mol. The van der Waals surface area contributed by atoms with E-state index in [0.717, 1.165) is 18.7 Å². The molecule has 0 saturated carbocycles. The smallest absolute Gasteiger partial charge is 0.254 e. The van der Waals surface area contributed by atoms with Gasteiger partial charge in [0.15, 0.2) is 0 Å². The number of amides is 1. The van der Waals surface area contributed by atoms with Gasteiger partial charge in [-0.15, -0.1) is 0 Å². The van der Waals surface area contributed by atoms with E-state index in [4.69, 9.17) is 10.5 Å². The topological polar surface area (TPSA) is 82.2 Å². The minimum Gasteiger partial charge on any atom is -0.377 e. The van der Waals surface area contributed by atoms with E-state index in [2.05, 4.69) is 10.4 Å². The molecular formula is C13H24N4O2. The number of carbonyl (C=O) groups is 1. The third kappa shape index (κ3) is 4.65. The van der Waals surface area contributed by atoms with Crippen LogP contribution in [0.1, 0.15) is 36.3 Å². The highest BCUT2D eigenvalue weighted by atomic mass is 16.5. The molecule has 1 amide bonds. The number of hydrogen-bond donors (Lipinski definition) is 2. The second-order valence-electron chi connectivity index (χ2n) is 4.49. The number of hydrogen-bond acceptors (Lipinski definition) is 4. The summed E-state index contributed by atoms with van der Waals surface area (Å²) in [6, 6.07) is 0. The first-order valence-electron chi connectivity index (χ1n) is 6.72. The molecule has 1 heterocycles. The first kappa shape index (κ1) is 15.7. The summed E-state index contributed by atoms with van der Waals surface area (Å²) in [5, 5.41) is 7.06. The number of nitrogens with one attached hydrogen (secondary N) is 1. The highest BCUT2D eigenvalue weighted by Crippen LogP contribution is 2.07. The summed E-state index contributed by atoms with van der Waals surface area (Å²) in [4.78, 5) is 12.0. The van der Waals surface area contributed by atoms with Gasteiger partial charge in [-0.2, -0.15) is 5.10 Å². The van der Waals surface area contributed by atoms with Crippen LogP contribution in [-0.2, 0) is 11.3 Å². The van der Waals surface area contributed by atoms with Crippen LogP contribution in [0.3, 0.4) is 0 Å². The highest BCUT2D eigenvalue weighted by Gasteiger charge is 2.14. The molecule has 19 heavy (non-hydrogen) atoms. The number of aryl methyl sites for hydroxylation is 1. The molecule has 6 nitrogen and oxygen atoms in total. The third-order valence-electron chi connectivity index (χ3n) is 2.92. The SMILES string of the molecule is CCOC(C)CNC(=O)c1cnn(CCCN)c1C. The first-order chi connectivity index (χ1) is 9.10. The predicted octanol–water partition coefficient (Wildman–Crippen LogP) is 0.695. The van der Waals surface area contributed by atoms with Gasteiger partial charge in [-0.1, -0.05) is 0 Å².